The molecule has 1 aliphatic carbocycles. The van der Waals surface area contributed by atoms with E-state index in [1.165, 1.54) is 29.7 Å². The molecular weight excluding hydrogens is 254 g/mol. The second-order valence-electron chi connectivity index (χ2n) is 5.67. The third-order valence-electron chi connectivity index (χ3n) is 4.05. The lowest BCUT2D eigenvalue weighted by atomic mass is 9.80. The summed E-state index contributed by atoms with van der Waals surface area (Å²) in [5.41, 5.74) is 1.92. The topological polar surface area (TPSA) is 57.6 Å². The van der Waals surface area contributed by atoms with Gasteiger partial charge in [0.1, 0.15) is 0 Å². The largest absolute Gasteiger partial charge is 0.481 e. The van der Waals surface area contributed by atoms with Crippen molar-refractivity contribution in [2.75, 3.05) is 13.6 Å². The molecule has 1 saturated carbocycles. The van der Waals surface area contributed by atoms with Crippen LogP contribution in [0.25, 0.3) is 0 Å². The number of hydrogen-bond acceptors (Lipinski definition) is 2. The Labute approximate surface area is 119 Å². The van der Waals surface area contributed by atoms with Gasteiger partial charge in [-0.25, -0.2) is 0 Å². The van der Waals surface area contributed by atoms with E-state index in [9.17, 15) is 9.59 Å². The van der Waals surface area contributed by atoms with E-state index < -0.39 is 11.9 Å². The molecule has 1 aromatic rings. The number of rotatable bonds is 5. The third-order valence-corrected chi connectivity index (χ3v) is 4.05. The molecule has 1 unspecified atom stereocenters. The molecule has 108 valence electrons. The van der Waals surface area contributed by atoms with Crippen LogP contribution in [0.2, 0.25) is 0 Å². The maximum Gasteiger partial charge on any atom is 0.308 e. The van der Waals surface area contributed by atoms with Crippen LogP contribution in [0.3, 0.4) is 0 Å². The van der Waals surface area contributed by atoms with Gasteiger partial charge in [0.15, 0.2) is 0 Å². The van der Waals surface area contributed by atoms with Crippen molar-refractivity contribution in [2.45, 2.75) is 32.1 Å². The smallest absolute Gasteiger partial charge is 0.308 e. The van der Waals surface area contributed by atoms with Crippen LogP contribution in [0.15, 0.2) is 24.3 Å². The molecule has 1 atom stereocenters. The Morgan fingerprint density at radius 1 is 1.30 bits per heavy atom. The predicted octanol–water partition coefficient (Wildman–Crippen LogP) is 2.75. The predicted molar refractivity (Wildman–Crippen MR) is 76.8 cm³/mol. The minimum Gasteiger partial charge on any atom is -0.481 e. The number of carbonyl (C=O) groups excluding carboxylic acids is 1. The summed E-state index contributed by atoms with van der Waals surface area (Å²) in [6.07, 6.45) is 3.77. The average Bonchev–Trinajstić information content (AvgIpc) is 2.36. The zero-order chi connectivity index (χ0) is 14.7. The van der Waals surface area contributed by atoms with Crippen LogP contribution >= 0.6 is 0 Å². The van der Waals surface area contributed by atoms with E-state index in [1.807, 2.05) is 24.3 Å². The molecule has 1 aromatic carbocycles. The molecule has 0 aromatic heterocycles. The Balaban J connectivity index is 1.99. The van der Waals surface area contributed by atoms with Crippen LogP contribution in [0.5, 0.6) is 0 Å². The highest BCUT2D eigenvalue weighted by molar-refractivity contribution is 5.94. The number of benzene rings is 1. The summed E-state index contributed by atoms with van der Waals surface area (Å²) in [4.78, 5) is 24.5. The summed E-state index contributed by atoms with van der Waals surface area (Å²) in [6.45, 7) is 1.82. The van der Waals surface area contributed by atoms with E-state index >= 15 is 0 Å². The number of nitrogens with zero attached hydrogens (tertiary/aromatic N) is 1. The fraction of sp³-hybridized carbons (Fsp3) is 0.500. The molecule has 1 amide bonds. The standard InChI is InChI=1S/C16H21NO3/c1-11(16(19)20)10-17(2)15(18)14-8-6-13(7-9-14)12-4-3-5-12/h6-9,11-12H,3-5,10H2,1-2H3,(H,19,20). The van der Waals surface area contributed by atoms with Gasteiger partial charge in [-0.05, 0) is 36.5 Å². The molecule has 0 heterocycles. The van der Waals surface area contributed by atoms with Crippen molar-refractivity contribution in [3.05, 3.63) is 35.4 Å². The summed E-state index contributed by atoms with van der Waals surface area (Å²) in [5.74, 6) is -0.912. The molecule has 2 rings (SSSR count). The van der Waals surface area contributed by atoms with Gasteiger partial charge in [-0.3, -0.25) is 9.59 Å². The minimum atomic E-state index is -0.884. The van der Waals surface area contributed by atoms with Crippen molar-refractivity contribution in [1.29, 1.82) is 0 Å². The lowest BCUT2D eigenvalue weighted by molar-refractivity contribution is -0.141. The molecule has 0 aliphatic heterocycles. The van der Waals surface area contributed by atoms with Gasteiger partial charge >= 0.3 is 5.97 Å². The molecule has 4 heteroatoms. The number of hydrogen-bond donors (Lipinski definition) is 1. The lowest BCUT2D eigenvalue weighted by Gasteiger charge is -2.26. The average molecular weight is 275 g/mol. The SMILES string of the molecule is CC(CN(C)C(=O)c1ccc(C2CCC2)cc1)C(=O)O. The fourth-order valence-electron chi connectivity index (χ4n) is 2.43. The Morgan fingerprint density at radius 2 is 1.90 bits per heavy atom. The molecule has 20 heavy (non-hydrogen) atoms. The van der Waals surface area contributed by atoms with Gasteiger partial charge < -0.3 is 10.0 Å². The van der Waals surface area contributed by atoms with Gasteiger partial charge in [-0.2, -0.15) is 0 Å². The summed E-state index contributed by atoms with van der Waals surface area (Å²) >= 11 is 0. The van der Waals surface area contributed by atoms with E-state index in [4.69, 9.17) is 5.11 Å². The molecule has 0 spiro atoms. The number of carboxylic acids is 1. The van der Waals surface area contributed by atoms with Gasteiger partial charge in [-0.15, -0.1) is 0 Å². The van der Waals surface area contributed by atoms with Crippen LogP contribution < -0.4 is 0 Å². The van der Waals surface area contributed by atoms with Gasteiger partial charge in [0, 0.05) is 19.2 Å². The maximum atomic E-state index is 12.2. The summed E-state index contributed by atoms with van der Waals surface area (Å²) in [5, 5.41) is 8.88. The van der Waals surface area contributed by atoms with Gasteiger partial charge in [0.05, 0.1) is 5.92 Å². The van der Waals surface area contributed by atoms with Crippen molar-refractivity contribution in [3.8, 4) is 0 Å². The van der Waals surface area contributed by atoms with E-state index in [-0.39, 0.29) is 12.5 Å². The minimum absolute atomic E-state index is 0.127. The van der Waals surface area contributed by atoms with Crippen molar-refractivity contribution in [3.63, 3.8) is 0 Å². The zero-order valence-corrected chi connectivity index (χ0v) is 12.0. The van der Waals surface area contributed by atoms with E-state index in [2.05, 4.69) is 0 Å². The first kappa shape index (κ1) is 14.6. The van der Waals surface area contributed by atoms with Crippen molar-refractivity contribution in [1.82, 2.24) is 4.90 Å². The van der Waals surface area contributed by atoms with Gasteiger partial charge in [0.25, 0.3) is 5.91 Å². The van der Waals surface area contributed by atoms with E-state index in [0.717, 1.165) is 0 Å². The lowest BCUT2D eigenvalue weighted by Crippen LogP contribution is -2.33. The quantitative estimate of drug-likeness (QED) is 0.899. The Morgan fingerprint density at radius 3 is 2.35 bits per heavy atom. The molecule has 1 N–H and O–H groups in total. The van der Waals surface area contributed by atoms with E-state index in [1.54, 1.807) is 14.0 Å². The first-order valence-electron chi connectivity index (χ1n) is 7.07. The Kier molecular flexibility index (Phi) is 4.42. The highest BCUT2D eigenvalue weighted by Gasteiger charge is 2.21. The molecule has 0 bridgehead atoms. The van der Waals surface area contributed by atoms with Crippen LogP contribution in [0.1, 0.15) is 48.0 Å². The third kappa shape index (κ3) is 3.18. The van der Waals surface area contributed by atoms with Crippen LogP contribution in [0, 0.1) is 5.92 Å². The van der Waals surface area contributed by atoms with Gasteiger partial charge in [-0.1, -0.05) is 25.5 Å². The first-order chi connectivity index (χ1) is 9.49. The molecule has 0 saturated heterocycles. The van der Waals surface area contributed by atoms with Crippen molar-refractivity contribution >= 4 is 11.9 Å². The first-order valence-corrected chi connectivity index (χ1v) is 7.07. The molecule has 4 nitrogen and oxygen atoms in total. The monoisotopic (exact) mass is 275 g/mol. The zero-order valence-electron chi connectivity index (χ0n) is 12.0. The molecule has 1 aliphatic rings. The van der Waals surface area contributed by atoms with E-state index in [0.29, 0.717) is 11.5 Å². The summed E-state index contributed by atoms with van der Waals surface area (Å²) < 4.78 is 0. The van der Waals surface area contributed by atoms with Gasteiger partial charge in [0.2, 0.25) is 0 Å². The Hall–Kier alpha value is -1.84. The molecule has 0 radical (unpaired) electrons. The van der Waals surface area contributed by atoms with Crippen LogP contribution in [-0.4, -0.2) is 35.5 Å². The van der Waals surface area contributed by atoms with Crippen LogP contribution in [0.4, 0.5) is 0 Å². The second kappa shape index (κ2) is 6.07. The highest BCUT2D eigenvalue weighted by Crippen LogP contribution is 2.36. The fourth-order valence-corrected chi connectivity index (χ4v) is 2.43. The summed E-state index contributed by atoms with van der Waals surface area (Å²) in [7, 11) is 1.64. The summed E-state index contributed by atoms with van der Waals surface area (Å²) in [6, 6.07) is 7.73. The maximum absolute atomic E-state index is 12.2. The van der Waals surface area contributed by atoms with Crippen molar-refractivity contribution < 1.29 is 14.7 Å². The Bertz CT molecular complexity index is 491. The number of aliphatic carboxylic acids is 1. The highest BCUT2D eigenvalue weighted by atomic mass is 16.4. The second-order valence-corrected chi connectivity index (χ2v) is 5.67. The normalized spacial score (nSPS) is 16.3. The van der Waals surface area contributed by atoms with Crippen molar-refractivity contribution in [2.24, 2.45) is 5.92 Å². The van der Waals surface area contributed by atoms with Crippen LogP contribution in [-0.2, 0) is 4.79 Å². The molecular formula is C16H21NO3. The number of carbonyl (C=O) groups is 2. The number of carboxylic acid groups (broad SMARTS) is 1. The number of amides is 1. The molecule has 1 fully saturated rings.